The Kier molecular flexibility index (Phi) is 6.43. The van der Waals surface area contributed by atoms with Crippen molar-refractivity contribution in [1.29, 1.82) is 0 Å². The molecule has 0 bridgehead atoms. The van der Waals surface area contributed by atoms with Gasteiger partial charge >= 0.3 is 11.9 Å². The number of methoxy groups -OCH3 is 1. The van der Waals surface area contributed by atoms with E-state index in [2.05, 4.69) is 20.7 Å². The minimum Gasteiger partial charge on any atom is -0.469 e. The summed E-state index contributed by atoms with van der Waals surface area (Å²) in [6.07, 6.45) is 1.35. The van der Waals surface area contributed by atoms with E-state index in [9.17, 15) is 9.59 Å². The highest BCUT2D eigenvalue weighted by Gasteiger charge is 2.06. The molecule has 98 valence electrons. The Bertz CT molecular complexity index is 400. The van der Waals surface area contributed by atoms with Crippen molar-refractivity contribution < 1.29 is 19.1 Å². The summed E-state index contributed by atoms with van der Waals surface area (Å²) in [5.74, 6) is -0.0598. The molecule has 0 aliphatic heterocycles. The second-order valence-electron chi connectivity index (χ2n) is 3.66. The molecule has 0 aromatic heterocycles. The molecule has 4 nitrogen and oxygen atoms in total. The number of alkyl halides is 1. The maximum atomic E-state index is 11.4. The van der Waals surface area contributed by atoms with Crippen molar-refractivity contribution in [3.8, 4) is 5.75 Å². The van der Waals surface area contributed by atoms with Gasteiger partial charge in [-0.15, -0.1) is 0 Å². The lowest BCUT2D eigenvalue weighted by molar-refractivity contribution is -0.140. The molecule has 0 radical (unpaired) electrons. The fourth-order valence-electron chi connectivity index (χ4n) is 1.31. The standard InChI is InChI=1S/C13H15BrO4/c1-17-13(16)9-10-4-6-11(7-5-10)18-12(15)3-2-8-14/h4-7H,2-3,8-9H2,1H3. The first-order chi connectivity index (χ1) is 8.65. The van der Waals surface area contributed by atoms with E-state index in [0.29, 0.717) is 12.2 Å². The fraction of sp³-hybridized carbons (Fsp3) is 0.385. The molecule has 0 aliphatic carbocycles. The first-order valence-corrected chi connectivity index (χ1v) is 6.70. The van der Waals surface area contributed by atoms with Crippen LogP contribution in [-0.4, -0.2) is 24.4 Å². The lowest BCUT2D eigenvalue weighted by Crippen LogP contribution is -2.08. The monoisotopic (exact) mass is 314 g/mol. The Morgan fingerprint density at radius 3 is 2.39 bits per heavy atom. The van der Waals surface area contributed by atoms with E-state index >= 15 is 0 Å². The highest BCUT2D eigenvalue weighted by Crippen LogP contribution is 2.14. The van der Waals surface area contributed by atoms with Crippen LogP contribution in [0.4, 0.5) is 0 Å². The number of benzene rings is 1. The van der Waals surface area contributed by atoms with Crippen molar-refractivity contribution >= 4 is 27.9 Å². The second kappa shape index (κ2) is 7.87. The number of rotatable bonds is 6. The second-order valence-corrected chi connectivity index (χ2v) is 4.46. The summed E-state index contributed by atoms with van der Waals surface area (Å²) in [6.45, 7) is 0. The summed E-state index contributed by atoms with van der Waals surface area (Å²) in [5, 5.41) is 0.778. The lowest BCUT2D eigenvalue weighted by Gasteiger charge is -2.05. The molecule has 0 unspecified atom stereocenters. The van der Waals surface area contributed by atoms with Crippen LogP contribution in [0.2, 0.25) is 0 Å². The van der Waals surface area contributed by atoms with Crippen LogP contribution in [0, 0.1) is 0 Å². The molecule has 0 saturated carbocycles. The normalized spacial score (nSPS) is 9.89. The molecule has 0 saturated heterocycles. The van der Waals surface area contributed by atoms with E-state index in [0.717, 1.165) is 17.3 Å². The van der Waals surface area contributed by atoms with Crippen molar-refractivity contribution in [1.82, 2.24) is 0 Å². The predicted octanol–water partition coefficient (Wildman–Crippen LogP) is 2.48. The number of halogens is 1. The Hall–Kier alpha value is -1.36. The molecule has 18 heavy (non-hydrogen) atoms. The SMILES string of the molecule is COC(=O)Cc1ccc(OC(=O)CCCBr)cc1. The molecule has 1 rings (SSSR count). The number of carbonyl (C=O) groups excluding carboxylic acids is 2. The summed E-state index contributed by atoms with van der Waals surface area (Å²) >= 11 is 3.25. The molecule has 5 heteroatoms. The van der Waals surface area contributed by atoms with Crippen molar-refractivity contribution in [3.63, 3.8) is 0 Å². The van der Waals surface area contributed by atoms with Crippen LogP contribution in [0.1, 0.15) is 18.4 Å². The summed E-state index contributed by atoms with van der Waals surface area (Å²) in [4.78, 5) is 22.4. The number of esters is 2. The van der Waals surface area contributed by atoms with Crippen molar-refractivity contribution in [2.75, 3.05) is 12.4 Å². The van der Waals surface area contributed by atoms with Crippen LogP contribution in [-0.2, 0) is 20.7 Å². The first kappa shape index (κ1) is 14.7. The summed E-state index contributed by atoms with van der Waals surface area (Å²) < 4.78 is 9.69. The third-order valence-corrected chi connectivity index (χ3v) is 2.81. The topological polar surface area (TPSA) is 52.6 Å². The molecule has 1 aromatic carbocycles. The van der Waals surface area contributed by atoms with Gasteiger partial charge in [-0.25, -0.2) is 0 Å². The van der Waals surface area contributed by atoms with Gasteiger partial charge in [0.2, 0.25) is 0 Å². The highest BCUT2D eigenvalue weighted by molar-refractivity contribution is 9.09. The molecule has 0 N–H and O–H groups in total. The van der Waals surface area contributed by atoms with Crippen LogP contribution >= 0.6 is 15.9 Å². The average Bonchev–Trinajstić information content (AvgIpc) is 2.38. The van der Waals surface area contributed by atoms with Gasteiger partial charge in [-0.1, -0.05) is 28.1 Å². The lowest BCUT2D eigenvalue weighted by atomic mass is 10.1. The molecule has 0 spiro atoms. The third-order valence-electron chi connectivity index (χ3n) is 2.25. The van der Waals surface area contributed by atoms with E-state index in [1.807, 2.05) is 0 Å². The van der Waals surface area contributed by atoms with Gasteiger partial charge < -0.3 is 9.47 Å². The Labute approximate surface area is 114 Å². The van der Waals surface area contributed by atoms with E-state index in [4.69, 9.17) is 4.74 Å². The molecular formula is C13H15BrO4. The van der Waals surface area contributed by atoms with E-state index < -0.39 is 0 Å². The molecule has 0 aliphatic rings. The van der Waals surface area contributed by atoms with Crippen molar-refractivity contribution in [2.45, 2.75) is 19.3 Å². The average molecular weight is 315 g/mol. The first-order valence-electron chi connectivity index (χ1n) is 5.58. The van der Waals surface area contributed by atoms with Crippen LogP contribution < -0.4 is 4.74 Å². The smallest absolute Gasteiger partial charge is 0.311 e. The maximum absolute atomic E-state index is 11.4. The predicted molar refractivity (Wildman–Crippen MR) is 70.8 cm³/mol. The number of ether oxygens (including phenoxy) is 2. The minimum absolute atomic E-state index is 0.217. The van der Waals surface area contributed by atoms with Gasteiger partial charge in [-0.05, 0) is 24.1 Å². The van der Waals surface area contributed by atoms with E-state index in [-0.39, 0.29) is 18.4 Å². The zero-order valence-electron chi connectivity index (χ0n) is 10.1. The Morgan fingerprint density at radius 1 is 1.17 bits per heavy atom. The molecule has 0 fully saturated rings. The minimum atomic E-state index is -0.294. The van der Waals surface area contributed by atoms with Gasteiger partial charge in [-0.2, -0.15) is 0 Å². The molecular weight excluding hydrogens is 300 g/mol. The largest absolute Gasteiger partial charge is 0.469 e. The quantitative estimate of drug-likeness (QED) is 0.460. The van der Waals surface area contributed by atoms with E-state index in [1.54, 1.807) is 24.3 Å². The highest BCUT2D eigenvalue weighted by atomic mass is 79.9. The van der Waals surface area contributed by atoms with Crippen LogP contribution in [0.15, 0.2) is 24.3 Å². The van der Waals surface area contributed by atoms with Gasteiger partial charge in [0.05, 0.1) is 13.5 Å². The van der Waals surface area contributed by atoms with Crippen molar-refractivity contribution in [3.05, 3.63) is 29.8 Å². The molecule has 0 atom stereocenters. The van der Waals surface area contributed by atoms with Crippen LogP contribution in [0.3, 0.4) is 0 Å². The molecule has 1 aromatic rings. The Balaban J connectivity index is 2.49. The number of hydrogen-bond donors (Lipinski definition) is 0. The van der Waals surface area contributed by atoms with Crippen LogP contribution in [0.25, 0.3) is 0 Å². The zero-order valence-corrected chi connectivity index (χ0v) is 11.7. The Morgan fingerprint density at radius 2 is 1.83 bits per heavy atom. The van der Waals surface area contributed by atoms with Gasteiger partial charge in [0, 0.05) is 11.8 Å². The van der Waals surface area contributed by atoms with Gasteiger partial charge in [0.25, 0.3) is 0 Å². The van der Waals surface area contributed by atoms with E-state index in [1.165, 1.54) is 7.11 Å². The zero-order chi connectivity index (χ0) is 13.4. The molecule has 0 amide bonds. The van der Waals surface area contributed by atoms with Crippen LogP contribution in [0.5, 0.6) is 5.75 Å². The molecule has 0 heterocycles. The number of hydrogen-bond acceptors (Lipinski definition) is 4. The van der Waals surface area contributed by atoms with Gasteiger partial charge in [0.15, 0.2) is 0 Å². The van der Waals surface area contributed by atoms with Gasteiger partial charge in [0.1, 0.15) is 5.75 Å². The summed E-state index contributed by atoms with van der Waals surface area (Å²) in [5.41, 5.74) is 0.821. The summed E-state index contributed by atoms with van der Waals surface area (Å²) in [6, 6.07) is 6.82. The summed E-state index contributed by atoms with van der Waals surface area (Å²) in [7, 11) is 1.35. The number of carbonyl (C=O) groups is 2. The fourth-order valence-corrected chi connectivity index (χ4v) is 1.59. The third kappa shape index (κ3) is 5.31. The van der Waals surface area contributed by atoms with Crippen molar-refractivity contribution in [2.24, 2.45) is 0 Å². The van der Waals surface area contributed by atoms with Gasteiger partial charge in [-0.3, -0.25) is 9.59 Å². The maximum Gasteiger partial charge on any atom is 0.311 e.